The number of fused-ring (bicyclic) bond motifs is 2. The second-order valence-electron chi connectivity index (χ2n) is 10.6. The molecule has 2 saturated heterocycles. The molecule has 1 saturated carbocycles. The summed E-state index contributed by atoms with van der Waals surface area (Å²) in [4.78, 5) is 14.4. The van der Waals surface area contributed by atoms with Gasteiger partial charge in [-0.25, -0.2) is 17.9 Å². The molecule has 6 rings (SSSR count). The number of benzene rings is 2. The van der Waals surface area contributed by atoms with Gasteiger partial charge in [-0.3, -0.25) is 4.90 Å². The standard InChI is InChI=1S/C28H29Cl2N3O5S/c1-37-28(34)17-4-2-5-21(12-17)39(35,36)32-18-13-19-10-11-20(14-18)33(19)15-22-26(31-38-27(22)16-8-9-16)25-23(29)6-3-7-24(25)30/h2-7,12,16,18-20,32H,8-11,13-15H2,1H3. The van der Waals surface area contributed by atoms with Crippen molar-refractivity contribution in [3.63, 3.8) is 0 Å². The zero-order valence-electron chi connectivity index (χ0n) is 21.4. The second-order valence-corrected chi connectivity index (χ2v) is 13.1. The molecular weight excluding hydrogens is 561 g/mol. The van der Waals surface area contributed by atoms with Gasteiger partial charge in [0.25, 0.3) is 0 Å². The highest BCUT2D eigenvalue weighted by atomic mass is 35.5. The van der Waals surface area contributed by atoms with Crippen LogP contribution < -0.4 is 4.72 Å². The molecule has 11 heteroatoms. The summed E-state index contributed by atoms with van der Waals surface area (Å²) in [6, 6.07) is 11.6. The molecule has 2 atom stereocenters. The van der Waals surface area contributed by atoms with Crippen molar-refractivity contribution in [1.82, 2.24) is 14.8 Å². The van der Waals surface area contributed by atoms with E-state index in [1.807, 2.05) is 6.07 Å². The number of sulfonamides is 1. The minimum absolute atomic E-state index is 0.0555. The molecule has 39 heavy (non-hydrogen) atoms. The van der Waals surface area contributed by atoms with Crippen LogP contribution in [0.1, 0.15) is 66.1 Å². The van der Waals surface area contributed by atoms with E-state index >= 15 is 0 Å². The third kappa shape index (κ3) is 5.23. The number of hydrogen-bond donors (Lipinski definition) is 1. The number of nitrogens with zero attached hydrogens (tertiary/aromatic N) is 2. The van der Waals surface area contributed by atoms with Gasteiger partial charge in [-0.1, -0.05) is 40.5 Å². The zero-order chi connectivity index (χ0) is 27.3. The molecule has 1 aliphatic carbocycles. The summed E-state index contributed by atoms with van der Waals surface area (Å²) in [6.45, 7) is 0.655. The molecule has 3 aromatic rings. The maximum Gasteiger partial charge on any atom is 0.337 e. The minimum Gasteiger partial charge on any atom is -0.465 e. The first-order valence-corrected chi connectivity index (χ1v) is 15.4. The Hall–Kier alpha value is -2.43. The Morgan fingerprint density at radius 1 is 1.08 bits per heavy atom. The number of carbonyl (C=O) groups excluding carboxylic acids is 1. The van der Waals surface area contributed by atoms with Gasteiger partial charge in [0.05, 0.1) is 27.6 Å². The van der Waals surface area contributed by atoms with Gasteiger partial charge >= 0.3 is 5.97 Å². The molecule has 0 spiro atoms. The van der Waals surface area contributed by atoms with Crippen molar-refractivity contribution in [3.8, 4) is 11.3 Å². The van der Waals surface area contributed by atoms with Crippen molar-refractivity contribution >= 4 is 39.2 Å². The van der Waals surface area contributed by atoms with Crippen LogP contribution in [-0.2, 0) is 21.3 Å². The highest BCUT2D eigenvalue weighted by Gasteiger charge is 2.43. The monoisotopic (exact) mass is 589 g/mol. The van der Waals surface area contributed by atoms with Crippen LogP contribution in [0.15, 0.2) is 51.9 Å². The summed E-state index contributed by atoms with van der Waals surface area (Å²) in [5.74, 6) is 0.703. The molecule has 0 radical (unpaired) electrons. The molecule has 3 aliphatic rings. The Morgan fingerprint density at radius 2 is 1.74 bits per heavy atom. The largest absolute Gasteiger partial charge is 0.465 e. The molecule has 2 aliphatic heterocycles. The minimum atomic E-state index is -3.80. The Labute approximate surface area is 237 Å². The van der Waals surface area contributed by atoms with E-state index in [2.05, 4.69) is 14.8 Å². The van der Waals surface area contributed by atoms with Crippen LogP contribution in [-0.4, -0.2) is 49.7 Å². The van der Waals surface area contributed by atoms with Crippen molar-refractivity contribution in [2.24, 2.45) is 0 Å². The second kappa shape index (κ2) is 10.5. The number of esters is 1. The van der Waals surface area contributed by atoms with Gasteiger partial charge in [-0.2, -0.15) is 0 Å². The van der Waals surface area contributed by atoms with E-state index in [1.54, 1.807) is 18.2 Å². The number of aromatic nitrogens is 1. The number of hydrogen-bond acceptors (Lipinski definition) is 7. The predicted octanol–water partition coefficient (Wildman–Crippen LogP) is 5.79. The quantitative estimate of drug-likeness (QED) is 0.332. The molecule has 1 N–H and O–H groups in total. The van der Waals surface area contributed by atoms with Crippen molar-refractivity contribution in [1.29, 1.82) is 0 Å². The Morgan fingerprint density at radius 3 is 2.38 bits per heavy atom. The molecule has 0 amide bonds. The molecule has 2 bridgehead atoms. The van der Waals surface area contributed by atoms with Gasteiger partial charge in [0.1, 0.15) is 11.5 Å². The van der Waals surface area contributed by atoms with Gasteiger partial charge in [0.2, 0.25) is 10.0 Å². The lowest BCUT2D eigenvalue weighted by molar-refractivity contribution is 0.0600. The van der Waals surface area contributed by atoms with E-state index in [4.69, 9.17) is 32.5 Å². The van der Waals surface area contributed by atoms with Crippen molar-refractivity contribution in [2.45, 2.75) is 74.0 Å². The summed E-state index contributed by atoms with van der Waals surface area (Å²) in [5, 5.41) is 5.50. The maximum absolute atomic E-state index is 13.2. The summed E-state index contributed by atoms with van der Waals surface area (Å²) >= 11 is 13.1. The molecule has 8 nitrogen and oxygen atoms in total. The topological polar surface area (TPSA) is 102 Å². The molecule has 206 valence electrons. The molecule has 2 aromatic carbocycles. The van der Waals surface area contributed by atoms with E-state index in [0.717, 1.165) is 37.0 Å². The third-order valence-corrected chi connectivity index (χ3v) is 10.2. The van der Waals surface area contributed by atoms with Crippen molar-refractivity contribution < 1.29 is 22.5 Å². The number of methoxy groups -OCH3 is 1. The van der Waals surface area contributed by atoms with Crippen LogP contribution in [0.2, 0.25) is 10.0 Å². The van der Waals surface area contributed by atoms with Crippen LogP contribution in [0.4, 0.5) is 0 Å². The number of halogens is 2. The van der Waals surface area contributed by atoms with Gasteiger partial charge in [-0.15, -0.1) is 0 Å². The SMILES string of the molecule is COC(=O)c1cccc(S(=O)(=O)NC2CC3CCC(C2)N3Cc2c(-c3c(Cl)cccc3Cl)noc2C2CC2)c1. The first kappa shape index (κ1) is 26.8. The number of carbonyl (C=O) groups is 1. The van der Waals surface area contributed by atoms with Crippen LogP contribution >= 0.6 is 23.2 Å². The van der Waals surface area contributed by atoms with E-state index in [-0.39, 0.29) is 28.6 Å². The summed E-state index contributed by atoms with van der Waals surface area (Å²) in [6.07, 6.45) is 5.52. The van der Waals surface area contributed by atoms with Crippen LogP contribution in [0.25, 0.3) is 11.3 Å². The fourth-order valence-corrected chi connectivity index (χ4v) is 7.95. The predicted molar refractivity (Wildman–Crippen MR) is 147 cm³/mol. The van der Waals surface area contributed by atoms with Crippen molar-refractivity contribution in [2.75, 3.05) is 7.11 Å². The molecule has 2 unspecified atom stereocenters. The summed E-state index contributed by atoms with van der Waals surface area (Å²) in [5.41, 5.74) is 2.61. The highest BCUT2D eigenvalue weighted by molar-refractivity contribution is 7.89. The highest BCUT2D eigenvalue weighted by Crippen LogP contribution is 2.47. The lowest BCUT2D eigenvalue weighted by atomic mass is 9.96. The third-order valence-electron chi connectivity index (χ3n) is 8.08. The maximum atomic E-state index is 13.2. The lowest BCUT2D eigenvalue weighted by Gasteiger charge is -2.39. The molecule has 3 heterocycles. The Bertz CT molecular complexity index is 1490. The number of nitrogens with one attached hydrogen (secondary N) is 1. The van der Waals surface area contributed by atoms with Crippen LogP contribution in [0, 0.1) is 0 Å². The van der Waals surface area contributed by atoms with E-state index in [9.17, 15) is 13.2 Å². The van der Waals surface area contributed by atoms with Gasteiger partial charge in [0, 0.05) is 41.7 Å². The van der Waals surface area contributed by atoms with Crippen LogP contribution in [0.3, 0.4) is 0 Å². The van der Waals surface area contributed by atoms with E-state index in [0.29, 0.717) is 46.6 Å². The first-order valence-electron chi connectivity index (χ1n) is 13.1. The van der Waals surface area contributed by atoms with Crippen molar-refractivity contribution in [3.05, 3.63) is 69.4 Å². The number of rotatable bonds is 8. The zero-order valence-corrected chi connectivity index (χ0v) is 23.7. The summed E-state index contributed by atoms with van der Waals surface area (Å²) < 4.78 is 39.9. The molecule has 3 fully saturated rings. The fourth-order valence-electron chi connectivity index (χ4n) is 6.07. The first-order chi connectivity index (χ1) is 18.7. The van der Waals surface area contributed by atoms with Gasteiger partial charge < -0.3 is 9.26 Å². The van der Waals surface area contributed by atoms with E-state index in [1.165, 1.54) is 25.3 Å². The Balaban J connectivity index is 1.21. The summed E-state index contributed by atoms with van der Waals surface area (Å²) in [7, 11) is -2.53. The molecular formula is C28H29Cl2N3O5S. The van der Waals surface area contributed by atoms with E-state index < -0.39 is 16.0 Å². The number of piperidine rings is 1. The molecule has 1 aromatic heterocycles. The average Bonchev–Trinajstić information content (AvgIpc) is 3.64. The smallest absolute Gasteiger partial charge is 0.337 e. The fraction of sp³-hybridized carbons (Fsp3) is 0.429. The Kier molecular flexibility index (Phi) is 7.22. The van der Waals surface area contributed by atoms with Gasteiger partial charge in [-0.05, 0) is 68.9 Å². The normalized spacial score (nSPS) is 23.2. The average molecular weight is 591 g/mol. The lowest BCUT2D eigenvalue weighted by Crippen LogP contribution is -2.50. The number of ether oxygens (including phenoxy) is 1. The van der Waals surface area contributed by atoms with Crippen LogP contribution in [0.5, 0.6) is 0 Å². The van der Waals surface area contributed by atoms with Gasteiger partial charge in [0.15, 0.2) is 0 Å².